The Morgan fingerprint density at radius 3 is 2.71 bits per heavy atom. The summed E-state index contributed by atoms with van der Waals surface area (Å²) in [6.07, 6.45) is 1.66. The third-order valence-corrected chi connectivity index (χ3v) is 2.53. The monoisotopic (exact) mass is 235 g/mol. The van der Waals surface area contributed by atoms with Crippen LogP contribution in [0, 0.1) is 0 Å². The van der Waals surface area contributed by atoms with Gasteiger partial charge in [0.05, 0.1) is 0 Å². The summed E-state index contributed by atoms with van der Waals surface area (Å²) in [5.74, 6) is -0.697. The van der Waals surface area contributed by atoms with Crippen molar-refractivity contribution in [3.8, 4) is 5.75 Å². The van der Waals surface area contributed by atoms with Gasteiger partial charge in [0.1, 0.15) is 5.75 Å². The van der Waals surface area contributed by atoms with Crippen molar-refractivity contribution in [2.75, 3.05) is 18.0 Å². The van der Waals surface area contributed by atoms with Crippen molar-refractivity contribution in [2.45, 2.75) is 13.8 Å². The molecule has 0 spiro atoms. The molecule has 0 aliphatic carbocycles. The van der Waals surface area contributed by atoms with Crippen LogP contribution in [0.5, 0.6) is 5.75 Å². The van der Waals surface area contributed by atoms with Gasteiger partial charge < -0.3 is 15.1 Å². The van der Waals surface area contributed by atoms with Crippen molar-refractivity contribution in [3.05, 3.63) is 35.9 Å². The van der Waals surface area contributed by atoms with E-state index in [-0.39, 0.29) is 5.75 Å². The SMILES string of the molecule is CCN(C/C=C(/C)C(=O)O)c1cccc(O)c1. The minimum atomic E-state index is -0.906. The minimum Gasteiger partial charge on any atom is -0.508 e. The number of anilines is 1. The molecule has 0 saturated heterocycles. The number of rotatable bonds is 5. The Hall–Kier alpha value is -1.97. The Labute approximate surface area is 101 Å². The molecular formula is C13H17NO3. The van der Waals surface area contributed by atoms with E-state index in [9.17, 15) is 9.90 Å². The molecule has 17 heavy (non-hydrogen) atoms. The van der Waals surface area contributed by atoms with Gasteiger partial charge in [0.2, 0.25) is 0 Å². The van der Waals surface area contributed by atoms with Crippen molar-refractivity contribution in [2.24, 2.45) is 0 Å². The first-order valence-electron chi connectivity index (χ1n) is 5.48. The first-order valence-corrected chi connectivity index (χ1v) is 5.48. The van der Waals surface area contributed by atoms with E-state index in [1.807, 2.05) is 17.9 Å². The number of carboxylic acid groups (broad SMARTS) is 1. The molecular weight excluding hydrogens is 218 g/mol. The van der Waals surface area contributed by atoms with Crippen molar-refractivity contribution in [1.82, 2.24) is 0 Å². The zero-order valence-corrected chi connectivity index (χ0v) is 10.1. The molecule has 92 valence electrons. The number of carbonyl (C=O) groups is 1. The average molecular weight is 235 g/mol. The third-order valence-electron chi connectivity index (χ3n) is 2.53. The molecule has 0 aliphatic heterocycles. The highest BCUT2D eigenvalue weighted by Gasteiger charge is 2.05. The molecule has 0 amide bonds. The molecule has 0 saturated carbocycles. The Kier molecular flexibility index (Phi) is 4.57. The maximum absolute atomic E-state index is 10.7. The second-order valence-electron chi connectivity index (χ2n) is 3.75. The van der Waals surface area contributed by atoms with E-state index >= 15 is 0 Å². The first kappa shape index (κ1) is 13.1. The largest absolute Gasteiger partial charge is 0.508 e. The number of carboxylic acids is 1. The summed E-state index contributed by atoms with van der Waals surface area (Å²) >= 11 is 0. The molecule has 2 N–H and O–H groups in total. The number of benzene rings is 1. The molecule has 4 nitrogen and oxygen atoms in total. The third kappa shape index (κ3) is 3.83. The van der Waals surface area contributed by atoms with Gasteiger partial charge >= 0.3 is 5.97 Å². The Morgan fingerprint density at radius 1 is 1.47 bits per heavy atom. The lowest BCUT2D eigenvalue weighted by Crippen LogP contribution is -2.23. The summed E-state index contributed by atoms with van der Waals surface area (Å²) in [5.41, 5.74) is 1.20. The van der Waals surface area contributed by atoms with Crippen LogP contribution in [0.25, 0.3) is 0 Å². The highest BCUT2D eigenvalue weighted by molar-refractivity contribution is 5.85. The minimum absolute atomic E-state index is 0.208. The molecule has 0 atom stereocenters. The number of phenolic OH excluding ortho intramolecular Hbond substituents is 1. The second kappa shape index (κ2) is 5.94. The highest BCUT2D eigenvalue weighted by Crippen LogP contribution is 2.19. The second-order valence-corrected chi connectivity index (χ2v) is 3.75. The van der Waals surface area contributed by atoms with Crippen LogP contribution in [0.15, 0.2) is 35.9 Å². The number of aliphatic carboxylic acids is 1. The fourth-order valence-electron chi connectivity index (χ4n) is 1.44. The molecule has 0 unspecified atom stereocenters. The molecule has 0 heterocycles. The number of likely N-dealkylation sites (N-methyl/N-ethyl adjacent to an activating group) is 1. The summed E-state index contributed by atoms with van der Waals surface area (Å²) < 4.78 is 0. The van der Waals surface area contributed by atoms with Gasteiger partial charge in [-0.15, -0.1) is 0 Å². The van der Waals surface area contributed by atoms with E-state index in [4.69, 9.17) is 5.11 Å². The van der Waals surface area contributed by atoms with Crippen molar-refractivity contribution in [3.63, 3.8) is 0 Å². The topological polar surface area (TPSA) is 60.8 Å². The van der Waals surface area contributed by atoms with Gasteiger partial charge in [0, 0.05) is 30.4 Å². The molecule has 0 fully saturated rings. The fraction of sp³-hybridized carbons (Fsp3) is 0.308. The highest BCUT2D eigenvalue weighted by atomic mass is 16.4. The zero-order chi connectivity index (χ0) is 12.8. The number of aromatic hydroxyl groups is 1. The van der Waals surface area contributed by atoms with Gasteiger partial charge in [-0.2, -0.15) is 0 Å². The van der Waals surface area contributed by atoms with Gasteiger partial charge in [-0.25, -0.2) is 4.79 Å². The van der Waals surface area contributed by atoms with E-state index in [1.54, 1.807) is 31.2 Å². The van der Waals surface area contributed by atoms with E-state index in [0.29, 0.717) is 12.1 Å². The van der Waals surface area contributed by atoms with Crippen LogP contribution in [-0.4, -0.2) is 29.3 Å². The summed E-state index contributed by atoms with van der Waals surface area (Å²) in [4.78, 5) is 12.6. The molecule has 0 aromatic heterocycles. The number of hydrogen-bond acceptors (Lipinski definition) is 3. The van der Waals surface area contributed by atoms with E-state index < -0.39 is 5.97 Å². The predicted molar refractivity (Wildman–Crippen MR) is 67.4 cm³/mol. The van der Waals surface area contributed by atoms with Crippen LogP contribution in [0.1, 0.15) is 13.8 Å². The van der Waals surface area contributed by atoms with Gasteiger partial charge in [0.25, 0.3) is 0 Å². The summed E-state index contributed by atoms with van der Waals surface area (Å²) in [6.45, 7) is 4.80. The Balaban J connectivity index is 2.79. The number of nitrogens with zero attached hydrogens (tertiary/aromatic N) is 1. The quantitative estimate of drug-likeness (QED) is 0.768. The van der Waals surface area contributed by atoms with Crippen molar-refractivity contribution >= 4 is 11.7 Å². The summed E-state index contributed by atoms with van der Waals surface area (Å²) in [6, 6.07) is 6.91. The van der Waals surface area contributed by atoms with Crippen LogP contribution < -0.4 is 4.90 Å². The molecule has 0 bridgehead atoms. The van der Waals surface area contributed by atoms with Crippen molar-refractivity contribution in [1.29, 1.82) is 0 Å². The van der Waals surface area contributed by atoms with Gasteiger partial charge in [-0.05, 0) is 26.0 Å². The molecule has 1 aromatic carbocycles. The van der Waals surface area contributed by atoms with Crippen molar-refractivity contribution < 1.29 is 15.0 Å². The molecule has 1 aromatic rings. The van der Waals surface area contributed by atoms with Crippen LogP contribution in [-0.2, 0) is 4.79 Å². The average Bonchev–Trinajstić information content (AvgIpc) is 2.29. The van der Waals surface area contributed by atoms with Crippen LogP contribution in [0.3, 0.4) is 0 Å². The maximum atomic E-state index is 10.7. The lowest BCUT2D eigenvalue weighted by molar-refractivity contribution is -0.132. The van der Waals surface area contributed by atoms with Crippen LogP contribution in [0.2, 0.25) is 0 Å². The normalized spacial score (nSPS) is 11.3. The van der Waals surface area contributed by atoms with Gasteiger partial charge in [0.15, 0.2) is 0 Å². The fourth-order valence-corrected chi connectivity index (χ4v) is 1.44. The van der Waals surface area contributed by atoms with E-state index in [2.05, 4.69) is 0 Å². The van der Waals surface area contributed by atoms with Crippen LogP contribution >= 0.6 is 0 Å². The van der Waals surface area contributed by atoms with Gasteiger partial charge in [-0.1, -0.05) is 12.1 Å². The molecule has 1 rings (SSSR count). The van der Waals surface area contributed by atoms with E-state index in [1.165, 1.54) is 0 Å². The first-order chi connectivity index (χ1) is 8.04. The van der Waals surface area contributed by atoms with E-state index in [0.717, 1.165) is 12.2 Å². The predicted octanol–water partition coefficient (Wildman–Crippen LogP) is 2.25. The molecule has 0 radical (unpaired) electrons. The smallest absolute Gasteiger partial charge is 0.331 e. The van der Waals surface area contributed by atoms with Crippen LogP contribution in [0.4, 0.5) is 5.69 Å². The molecule has 4 heteroatoms. The number of phenols is 1. The summed E-state index contributed by atoms with van der Waals surface area (Å²) in [5, 5.41) is 18.1. The van der Waals surface area contributed by atoms with Gasteiger partial charge in [-0.3, -0.25) is 0 Å². The molecule has 0 aliphatic rings. The lowest BCUT2D eigenvalue weighted by Gasteiger charge is -2.21. The Morgan fingerprint density at radius 2 is 2.18 bits per heavy atom. The maximum Gasteiger partial charge on any atom is 0.331 e. The number of hydrogen-bond donors (Lipinski definition) is 2. The zero-order valence-electron chi connectivity index (χ0n) is 10.1. The Bertz CT molecular complexity index is 426. The lowest BCUT2D eigenvalue weighted by atomic mass is 10.2. The summed E-state index contributed by atoms with van der Waals surface area (Å²) in [7, 11) is 0. The standard InChI is InChI=1S/C13H17NO3/c1-3-14(8-7-10(2)13(16)17)11-5-4-6-12(15)9-11/h4-7,9,15H,3,8H2,1-2H3,(H,16,17)/b10-7-.